The highest BCUT2D eigenvalue weighted by Gasteiger charge is 2.37. The summed E-state index contributed by atoms with van der Waals surface area (Å²) in [6, 6.07) is 15.3. The van der Waals surface area contributed by atoms with Crippen LogP contribution in [0.25, 0.3) is 0 Å². The van der Waals surface area contributed by atoms with Crippen LogP contribution in [-0.2, 0) is 6.54 Å². The zero-order valence-electron chi connectivity index (χ0n) is 16.4. The summed E-state index contributed by atoms with van der Waals surface area (Å²) in [6.07, 6.45) is 4.47. The van der Waals surface area contributed by atoms with Gasteiger partial charge in [-0.1, -0.05) is 36.8 Å². The van der Waals surface area contributed by atoms with E-state index >= 15 is 0 Å². The molecule has 2 aliphatic heterocycles. The van der Waals surface area contributed by atoms with Gasteiger partial charge in [0.1, 0.15) is 6.17 Å². The van der Waals surface area contributed by atoms with E-state index in [9.17, 15) is 9.59 Å². The lowest BCUT2D eigenvalue weighted by Gasteiger charge is -2.44. The second-order valence-electron chi connectivity index (χ2n) is 7.51. The van der Waals surface area contributed by atoms with E-state index < -0.39 is 0 Å². The zero-order valence-corrected chi connectivity index (χ0v) is 16.4. The number of carbonyl (C=O) groups excluding carboxylic acids is 2. The molecule has 5 heteroatoms. The number of carbonyl (C=O) groups is 2. The van der Waals surface area contributed by atoms with Crippen molar-refractivity contribution in [1.82, 2.24) is 10.2 Å². The quantitative estimate of drug-likeness (QED) is 0.882. The van der Waals surface area contributed by atoms with Crippen molar-refractivity contribution in [3.63, 3.8) is 0 Å². The number of amides is 2. The van der Waals surface area contributed by atoms with E-state index in [0.29, 0.717) is 17.7 Å². The smallest absolute Gasteiger partial charge is 0.257 e. The average molecular weight is 377 g/mol. The summed E-state index contributed by atoms with van der Waals surface area (Å²) in [4.78, 5) is 30.1. The molecule has 2 aromatic carbocycles. The lowest BCUT2D eigenvalue weighted by atomic mass is 10.0. The van der Waals surface area contributed by atoms with E-state index in [1.807, 2.05) is 47.4 Å². The Bertz CT molecular complexity index is 865. The summed E-state index contributed by atoms with van der Waals surface area (Å²) >= 11 is 0. The van der Waals surface area contributed by atoms with Crippen LogP contribution in [0.2, 0.25) is 0 Å². The molecule has 4 rings (SSSR count). The van der Waals surface area contributed by atoms with Crippen LogP contribution < -0.4 is 10.2 Å². The predicted octanol–water partition coefficient (Wildman–Crippen LogP) is 3.80. The van der Waals surface area contributed by atoms with Gasteiger partial charge in [-0.3, -0.25) is 9.59 Å². The third-order valence-electron chi connectivity index (χ3n) is 5.78. The van der Waals surface area contributed by atoms with Crippen molar-refractivity contribution in [2.24, 2.45) is 0 Å². The lowest BCUT2D eigenvalue weighted by molar-refractivity contribution is 0.0656. The molecule has 2 heterocycles. The molecule has 1 atom stereocenters. The summed E-state index contributed by atoms with van der Waals surface area (Å²) in [6.45, 7) is 4.24. The van der Waals surface area contributed by atoms with Gasteiger partial charge < -0.3 is 15.1 Å². The summed E-state index contributed by atoms with van der Waals surface area (Å²) in [5, 5.41) is 2.98. The summed E-state index contributed by atoms with van der Waals surface area (Å²) in [5.74, 6) is -0.0127. The van der Waals surface area contributed by atoms with Crippen LogP contribution in [0.3, 0.4) is 0 Å². The van der Waals surface area contributed by atoms with Crippen LogP contribution in [-0.4, -0.2) is 36.0 Å². The molecule has 0 radical (unpaired) electrons. The van der Waals surface area contributed by atoms with Gasteiger partial charge in [0.25, 0.3) is 11.8 Å². The topological polar surface area (TPSA) is 52.7 Å². The Morgan fingerprint density at radius 1 is 1.11 bits per heavy atom. The molecule has 0 bridgehead atoms. The molecular weight excluding hydrogens is 350 g/mol. The van der Waals surface area contributed by atoms with E-state index in [4.69, 9.17) is 0 Å². The molecule has 1 saturated heterocycles. The van der Waals surface area contributed by atoms with E-state index in [0.717, 1.165) is 43.6 Å². The molecule has 0 saturated carbocycles. The van der Waals surface area contributed by atoms with Gasteiger partial charge in [-0.15, -0.1) is 0 Å². The molecule has 0 unspecified atom stereocenters. The standard InChI is InChI=1S/C23H27N3O2/c1-2-25-20-15-18(22(27)24-16-17-9-5-3-6-10-17)12-13-19(20)23(28)26-14-8-4-7-11-21(25)26/h3,5-6,9-10,12-13,15,21H,2,4,7-8,11,14,16H2,1H3,(H,24,27)/t21-/m0/s1. The summed E-state index contributed by atoms with van der Waals surface area (Å²) in [7, 11) is 0. The van der Waals surface area contributed by atoms with Gasteiger partial charge >= 0.3 is 0 Å². The van der Waals surface area contributed by atoms with E-state index in [1.54, 1.807) is 6.07 Å². The van der Waals surface area contributed by atoms with Crippen molar-refractivity contribution < 1.29 is 9.59 Å². The lowest BCUT2D eigenvalue weighted by Crippen LogP contribution is -2.55. The first-order chi connectivity index (χ1) is 13.7. The number of hydrogen-bond donors (Lipinski definition) is 1. The normalized spacial score (nSPS) is 18.9. The molecule has 146 valence electrons. The third-order valence-corrected chi connectivity index (χ3v) is 5.78. The van der Waals surface area contributed by atoms with Gasteiger partial charge in [0.2, 0.25) is 0 Å². The number of benzene rings is 2. The fourth-order valence-electron chi connectivity index (χ4n) is 4.32. The van der Waals surface area contributed by atoms with Gasteiger partial charge in [-0.2, -0.15) is 0 Å². The number of rotatable bonds is 4. The highest BCUT2D eigenvalue weighted by Crippen LogP contribution is 2.35. The van der Waals surface area contributed by atoms with Crippen molar-refractivity contribution in [3.8, 4) is 0 Å². The number of hydrogen-bond acceptors (Lipinski definition) is 3. The highest BCUT2D eigenvalue weighted by atomic mass is 16.2. The molecular formula is C23H27N3O2. The van der Waals surface area contributed by atoms with Crippen LogP contribution in [0, 0.1) is 0 Å². The van der Waals surface area contributed by atoms with Crippen LogP contribution >= 0.6 is 0 Å². The predicted molar refractivity (Wildman–Crippen MR) is 110 cm³/mol. The molecule has 0 aliphatic carbocycles. The van der Waals surface area contributed by atoms with Gasteiger partial charge in [-0.25, -0.2) is 0 Å². The number of anilines is 1. The number of nitrogens with one attached hydrogen (secondary N) is 1. The van der Waals surface area contributed by atoms with Gasteiger partial charge in [0.05, 0.1) is 11.3 Å². The van der Waals surface area contributed by atoms with Gasteiger partial charge in [0.15, 0.2) is 0 Å². The third kappa shape index (κ3) is 3.49. The highest BCUT2D eigenvalue weighted by molar-refractivity contribution is 6.04. The summed E-state index contributed by atoms with van der Waals surface area (Å²) in [5.41, 5.74) is 3.26. The first-order valence-corrected chi connectivity index (χ1v) is 10.2. The Labute approximate surface area is 166 Å². The Balaban J connectivity index is 1.59. The number of nitrogens with zero attached hydrogens (tertiary/aromatic N) is 2. The van der Waals surface area contributed by atoms with Crippen molar-refractivity contribution >= 4 is 17.5 Å². The van der Waals surface area contributed by atoms with Crippen LogP contribution in [0.15, 0.2) is 48.5 Å². The van der Waals surface area contributed by atoms with E-state index in [1.165, 1.54) is 6.42 Å². The fourth-order valence-corrected chi connectivity index (χ4v) is 4.32. The van der Waals surface area contributed by atoms with E-state index in [2.05, 4.69) is 17.1 Å². The Morgan fingerprint density at radius 2 is 1.93 bits per heavy atom. The zero-order chi connectivity index (χ0) is 19.5. The molecule has 5 nitrogen and oxygen atoms in total. The largest absolute Gasteiger partial charge is 0.351 e. The van der Waals surface area contributed by atoms with Crippen LogP contribution in [0.4, 0.5) is 5.69 Å². The van der Waals surface area contributed by atoms with Crippen molar-refractivity contribution in [3.05, 3.63) is 65.2 Å². The minimum atomic E-state index is -0.113. The molecule has 0 aromatic heterocycles. The summed E-state index contributed by atoms with van der Waals surface area (Å²) < 4.78 is 0. The number of fused-ring (bicyclic) bond motifs is 2. The minimum Gasteiger partial charge on any atom is -0.351 e. The van der Waals surface area contributed by atoms with Gasteiger partial charge in [-0.05, 0) is 49.9 Å². The van der Waals surface area contributed by atoms with Crippen molar-refractivity contribution in [1.29, 1.82) is 0 Å². The monoisotopic (exact) mass is 377 g/mol. The van der Waals surface area contributed by atoms with Crippen molar-refractivity contribution in [2.75, 3.05) is 18.0 Å². The first kappa shape index (κ1) is 18.5. The molecule has 28 heavy (non-hydrogen) atoms. The van der Waals surface area contributed by atoms with Crippen LogP contribution in [0.1, 0.15) is 58.9 Å². The van der Waals surface area contributed by atoms with Crippen LogP contribution in [0.5, 0.6) is 0 Å². The molecule has 2 aromatic rings. The first-order valence-electron chi connectivity index (χ1n) is 10.2. The van der Waals surface area contributed by atoms with Gasteiger partial charge in [0, 0.05) is 25.2 Å². The molecule has 1 fully saturated rings. The Hall–Kier alpha value is -2.82. The van der Waals surface area contributed by atoms with E-state index in [-0.39, 0.29) is 18.0 Å². The maximum atomic E-state index is 13.1. The molecule has 1 N–H and O–H groups in total. The average Bonchev–Trinajstić information content (AvgIpc) is 2.99. The van der Waals surface area contributed by atoms with Crippen molar-refractivity contribution in [2.45, 2.75) is 45.3 Å². The second kappa shape index (κ2) is 8.05. The maximum absolute atomic E-state index is 13.1. The maximum Gasteiger partial charge on any atom is 0.257 e. The molecule has 0 spiro atoms. The fraction of sp³-hybridized carbons (Fsp3) is 0.391. The molecule has 2 aliphatic rings. The molecule has 2 amide bonds. The Kier molecular flexibility index (Phi) is 5.33. The second-order valence-corrected chi connectivity index (χ2v) is 7.51. The minimum absolute atomic E-state index is 0.0999. The Morgan fingerprint density at radius 3 is 2.71 bits per heavy atom. The SMILES string of the molecule is CCN1c2cc(C(=O)NCc3ccccc3)ccc2C(=O)N2CCCCC[C@H]21.